The quantitative estimate of drug-likeness (QED) is 0.794. The maximum atomic E-state index is 11.8. The third kappa shape index (κ3) is 5.24. The summed E-state index contributed by atoms with van der Waals surface area (Å²) in [6.07, 6.45) is 3.46. The number of sulfone groups is 1. The van der Waals surface area contributed by atoms with E-state index in [0.29, 0.717) is 18.3 Å². The minimum atomic E-state index is -2.90. The molecule has 0 aromatic heterocycles. The molecule has 0 spiro atoms. The molecule has 4 nitrogen and oxygen atoms in total. The Morgan fingerprint density at radius 3 is 2.72 bits per heavy atom. The molecule has 0 bridgehead atoms. The first-order valence-electron chi connectivity index (χ1n) is 7.13. The molecular weight excluding hydrogens is 248 g/mol. The highest BCUT2D eigenvalue weighted by Crippen LogP contribution is 2.07. The molecule has 1 N–H and O–H groups in total. The molecule has 0 radical (unpaired) electrons. The number of hydrogen-bond acceptors (Lipinski definition) is 4. The van der Waals surface area contributed by atoms with Gasteiger partial charge in [-0.25, -0.2) is 8.42 Å². The van der Waals surface area contributed by atoms with Crippen LogP contribution in [0.1, 0.15) is 40.0 Å². The summed E-state index contributed by atoms with van der Waals surface area (Å²) in [4.78, 5) is 2.31. The topological polar surface area (TPSA) is 49.4 Å². The average Bonchev–Trinajstić information content (AvgIpc) is 2.52. The third-order valence-corrected chi connectivity index (χ3v) is 5.80. The van der Waals surface area contributed by atoms with Crippen molar-refractivity contribution in [2.75, 3.05) is 31.9 Å². The molecule has 0 amide bonds. The molecule has 0 aromatic rings. The van der Waals surface area contributed by atoms with Gasteiger partial charge < -0.3 is 10.2 Å². The second kappa shape index (κ2) is 7.46. The van der Waals surface area contributed by atoms with E-state index in [-0.39, 0.29) is 5.25 Å². The second-order valence-electron chi connectivity index (χ2n) is 5.51. The first-order chi connectivity index (χ1) is 8.45. The van der Waals surface area contributed by atoms with Gasteiger partial charge in [0, 0.05) is 19.1 Å². The molecule has 18 heavy (non-hydrogen) atoms. The molecule has 0 saturated carbocycles. The van der Waals surface area contributed by atoms with E-state index in [1.165, 1.54) is 12.8 Å². The zero-order valence-corrected chi connectivity index (χ0v) is 12.8. The molecule has 5 heteroatoms. The first-order valence-corrected chi connectivity index (χ1v) is 8.84. The van der Waals surface area contributed by atoms with E-state index in [2.05, 4.69) is 17.1 Å². The van der Waals surface area contributed by atoms with Gasteiger partial charge in [-0.1, -0.05) is 13.3 Å². The lowest BCUT2D eigenvalue weighted by Crippen LogP contribution is -2.39. The highest BCUT2D eigenvalue weighted by atomic mass is 32.2. The van der Waals surface area contributed by atoms with Gasteiger partial charge in [0.05, 0.1) is 11.0 Å². The van der Waals surface area contributed by atoms with E-state index < -0.39 is 9.84 Å². The Kier molecular flexibility index (Phi) is 6.60. The van der Waals surface area contributed by atoms with Crippen molar-refractivity contribution in [3.05, 3.63) is 0 Å². The Balaban J connectivity index is 2.45. The van der Waals surface area contributed by atoms with Gasteiger partial charge in [0.25, 0.3) is 0 Å². The lowest BCUT2D eigenvalue weighted by atomic mass is 10.1. The largest absolute Gasteiger partial charge is 0.313 e. The zero-order chi connectivity index (χ0) is 13.6. The van der Waals surface area contributed by atoms with E-state index >= 15 is 0 Å². The van der Waals surface area contributed by atoms with Gasteiger partial charge in [-0.3, -0.25) is 0 Å². The standard InChI is InChI=1S/C13H28N2O2S/c1-4-6-13-11-15(8-5-7-14-13)9-10-18(16,17)12(2)3/h12-14H,4-11H2,1-3H3. The fraction of sp³-hybridized carbons (Fsp3) is 1.00. The fourth-order valence-corrected chi connectivity index (χ4v) is 3.30. The Labute approximate surface area is 112 Å². The van der Waals surface area contributed by atoms with Crippen LogP contribution in [0, 0.1) is 0 Å². The molecule has 1 atom stereocenters. The fourth-order valence-electron chi connectivity index (χ4n) is 2.31. The van der Waals surface area contributed by atoms with Crippen LogP contribution in [0.4, 0.5) is 0 Å². The summed E-state index contributed by atoms with van der Waals surface area (Å²) in [5, 5.41) is 3.29. The van der Waals surface area contributed by atoms with Gasteiger partial charge in [-0.05, 0) is 39.8 Å². The smallest absolute Gasteiger partial charge is 0.153 e. The highest BCUT2D eigenvalue weighted by molar-refractivity contribution is 7.92. The second-order valence-corrected chi connectivity index (χ2v) is 8.19. The summed E-state index contributed by atoms with van der Waals surface area (Å²) in [7, 11) is -2.90. The Morgan fingerprint density at radius 2 is 2.11 bits per heavy atom. The molecule has 0 aliphatic carbocycles. The number of rotatable bonds is 6. The molecule has 1 aliphatic rings. The van der Waals surface area contributed by atoms with Crippen LogP contribution in [-0.2, 0) is 9.84 Å². The monoisotopic (exact) mass is 276 g/mol. The molecule has 108 valence electrons. The van der Waals surface area contributed by atoms with Crippen molar-refractivity contribution in [3.63, 3.8) is 0 Å². The normalized spacial score (nSPS) is 23.2. The lowest BCUT2D eigenvalue weighted by Gasteiger charge is -2.24. The van der Waals surface area contributed by atoms with E-state index in [1.807, 2.05) is 0 Å². The Morgan fingerprint density at radius 1 is 1.39 bits per heavy atom. The van der Waals surface area contributed by atoms with Gasteiger partial charge in [0.15, 0.2) is 9.84 Å². The summed E-state index contributed by atoms with van der Waals surface area (Å²) < 4.78 is 23.6. The maximum Gasteiger partial charge on any atom is 0.153 e. The molecule has 1 rings (SSSR count). The van der Waals surface area contributed by atoms with E-state index in [0.717, 1.165) is 26.1 Å². The molecule has 1 heterocycles. The van der Waals surface area contributed by atoms with Gasteiger partial charge in [-0.2, -0.15) is 0 Å². The van der Waals surface area contributed by atoms with Crippen molar-refractivity contribution >= 4 is 9.84 Å². The molecule has 0 aromatic carbocycles. The van der Waals surface area contributed by atoms with E-state index in [4.69, 9.17) is 0 Å². The summed E-state index contributed by atoms with van der Waals surface area (Å²) >= 11 is 0. The van der Waals surface area contributed by atoms with Crippen molar-refractivity contribution in [1.82, 2.24) is 10.2 Å². The number of hydrogen-bond donors (Lipinski definition) is 1. The Bertz CT molecular complexity index is 328. The molecule has 1 fully saturated rings. The van der Waals surface area contributed by atoms with Crippen LogP contribution in [0.25, 0.3) is 0 Å². The van der Waals surface area contributed by atoms with Gasteiger partial charge >= 0.3 is 0 Å². The molecule has 1 unspecified atom stereocenters. The third-order valence-electron chi connectivity index (χ3n) is 3.61. The zero-order valence-electron chi connectivity index (χ0n) is 12.0. The lowest BCUT2D eigenvalue weighted by molar-refractivity contribution is 0.276. The van der Waals surface area contributed by atoms with Crippen molar-refractivity contribution in [2.45, 2.75) is 51.3 Å². The van der Waals surface area contributed by atoms with Crippen LogP contribution in [0.2, 0.25) is 0 Å². The van der Waals surface area contributed by atoms with Crippen LogP contribution in [0.15, 0.2) is 0 Å². The average molecular weight is 276 g/mol. The first kappa shape index (κ1) is 15.9. The summed E-state index contributed by atoms with van der Waals surface area (Å²) in [5.74, 6) is 0.295. The van der Waals surface area contributed by atoms with Crippen molar-refractivity contribution in [2.24, 2.45) is 0 Å². The van der Waals surface area contributed by atoms with E-state index in [1.54, 1.807) is 13.8 Å². The molecular formula is C13H28N2O2S. The van der Waals surface area contributed by atoms with Crippen LogP contribution in [0.3, 0.4) is 0 Å². The highest BCUT2D eigenvalue weighted by Gasteiger charge is 2.21. The van der Waals surface area contributed by atoms with Crippen LogP contribution in [-0.4, -0.2) is 56.5 Å². The molecule has 1 saturated heterocycles. The Hall–Kier alpha value is -0.130. The molecule has 1 aliphatic heterocycles. The summed E-state index contributed by atoms with van der Waals surface area (Å²) in [5.41, 5.74) is 0. The minimum absolute atomic E-state index is 0.256. The van der Waals surface area contributed by atoms with Crippen molar-refractivity contribution in [1.29, 1.82) is 0 Å². The van der Waals surface area contributed by atoms with Crippen molar-refractivity contribution in [3.8, 4) is 0 Å². The summed E-state index contributed by atoms with van der Waals surface area (Å²) in [6, 6.07) is 0.527. The van der Waals surface area contributed by atoms with Crippen molar-refractivity contribution < 1.29 is 8.42 Å². The van der Waals surface area contributed by atoms with Crippen LogP contribution >= 0.6 is 0 Å². The van der Waals surface area contributed by atoms with Gasteiger partial charge in [-0.15, -0.1) is 0 Å². The number of nitrogens with zero attached hydrogens (tertiary/aromatic N) is 1. The van der Waals surface area contributed by atoms with Gasteiger partial charge in [0.2, 0.25) is 0 Å². The maximum absolute atomic E-state index is 11.8. The minimum Gasteiger partial charge on any atom is -0.313 e. The van der Waals surface area contributed by atoms with Gasteiger partial charge in [0.1, 0.15) is 0 Å². The number of nitrogens with one attached hydrogen (secondary N) is 1. The van der Waals surface area contributed by atoms with Crippen LogP contribution < -0.4 is 5.32 Å². The predicted molar refractivity (Wildman–Crippen MR) is 76.7 cm³/mol. The predicted octanol–water partition coefficient (Wildman–Crippen LogP) is 1.27. The van der Waals surface area contributed by atoms with E-state index in [9.17, 15) is 8.42 Å². The SMILES string of the molecule is CCCC1CN(CCS(=O)(=O)C(C)C)CCCN1. The van der Waals surface area contributed by atoms with Crippen LogP contribution in [0.5, 0.6) is 0 Å². The summed E-state index contributed by atoms with van der Waals surface area (Å²) in [6.45, 7) is 9.46.